The van der Waals surface area contributed by atoms with Gasteiger partial charge < -0.3 is 0 Å². The van der Waals surface area contributed by atoms with Gasteiger partial charge in [-0.3, -0.25) is 9.80 Å². The van der Waals surface area contributed by atoms with Crippen LogP contribution in [0.4, 0.5) is 0 Å². The second-order valence-electron chi connectivity index (χ2n) is 15.2. The molecule has 174 valence electrons. The molecule has 0 bridgehead atoms. The molecule has 2 aliphatic heterocycles. The predicted octanol–water partition coefficient (Wildman–Crippen LogP) is 6.98. The molecule has 2 saturated carbocycles. The van der Waals surface area contributed by atoms with Gasteiger partial charge in [-0.25, -0.2) is 0 Å². The fourth-order valence-electron chi connectivity index (χ4n) is 7.54. The van der Waals surface area contributed by atoms with Crippen LogP contribution in [0.5, 0.6) is 0 Å². The molecule has 0 aromatic carbocycles. The topological polar surface area (TPSA) is 6.48 Å². The largest absolute Gasteiger partial charge is 0.298 e. The minimum absolute atomic E-state index is 0.325. The maximum atomic E-state index is 2.98. The quantitative estimate of drug-likeness (QED) is 0.477. The number of rotatable bonds is 5. The van der Waals surface area contributed by atoms with Crippen molar-refractivity contribution in [3.8, 4) is 0 Å². The van der Waals surface area contributed by atoms with Crippen LogP contribution in [0, 0.1) is 28.1 Å². The number of hydrogen-bond donors (Lipinski definition) is 0. The molecule has 4 rings (SSSR count). The first kappa shape index (κ1) is 23.1. The Labute approximate surface area is 188 Å². The van der Waals surface area contributed by atoms with Crippen molar-refractivity contribution in [2.24, 2.45) is 28.1 Å². The maximum absolute atomic E-state index is 2.98. The van der Waals surface area contributed by atoms with Gasteiger partial charge in [-0.2, -0.15) is 0 Å². The molecule has 0 amide bonds. The zero-order chi connectivity index (χ0) is 22.4. The van der Waals surface area contributed by atoms with E-state index < -0.39 is 0 Å². The summed E-state index contributed by atoms with van der Waals surface area (Å²) >= 11 is 0. The number of likely N-dealkylation sites (tertiary alicyclic amines) is 2. The van der Waals surface area contributed by atoms with E-state index >= 15 is 0 Å². The van der Waals surface area contributed by atoms with Crippen LogP contribution < -0.4 is 0 Å². The standard InChI is InChI=1S/C28H52N2/c1-23(2,3)21-11-16-30(27(17-21)14-15-27)26(9,10)13-12-25(7,8)28-18-22(28)19-29(20-28)24(4,5)6/h21-22H,11-20H2,1-10H3. The predicted molar refractivity (Wildman–Crippen MR) is 130 cm³/mol. The van der Waals surface area contributed by atoms with Crippen LogP contribution in [0.15, 0.2) is 0 Å². The van der Waals surface area contributed by atoms with Crippen molar-refractivity contribution in [2.75, 3.05) is 19.6 Å². The Morgan fingerprint density at radius 1 is 0.833 bits per heavy atom. The first-order valence-corrected chi connectivity index (χ1v) is 13.1. The Morgan fingerprint density at radius 3 is 1.97 bits per heavy atom. The smallest absolute Gasteiger partial charge is 0.0219 e. The molecule has 0 radical (unpaired) electrons. The van der Waals surface area contributed by atoms with Gasteiger partial charge in [0, 0.05) is 29.7 Å². The van der Waals surface area contributed by atoms with Crippen LogP contribution in [-0.4, -0.2) is 46.1 Å². The Balaban J connectivity index is 1.40. The van der Waals surface area contributed by atoms with Gasteiger partial charge in [-0.15, -0.1) is 0 Å². The summed E-state index contributed by atoms with van der Waals surface area (Å²) < 4.78 is 0. The molecule has 0 aromatic rings. The average Bonchev–Trinajstić information content (AvgIpc) is 3.49. The molecular formula is C28H52N2. The number of piperidine rings is 2. The normalized spacial score (nSPS) is 35.0. The van der Waals surface area contributed by atoms with Crippen LogP contribution in [0.25, 0.3) is 0 Å². The fourth-order valence-corrected chi connectivity index (χ4v) is 7.54. The van der Waals surface area contributed by atoms with E-state index in [-0.39, 0.29) is 0 Å². The average molecular weight is 417 g/mol. The van der Waals surface area contributed by atoms with Gasteiger partial charge in [0.05, 0.1) is 0 Å². The molecule has 0 N–H and O–H groups in total. The highest BCUT2D eigenvalue weighted by atomic mass is 15.3. The van der Waals surface area contributed by atoms with Crippen molar-refractivity contribution in [2.45, 2.75) is 131 Å². The van der Waals surface area contributed by atoms with E-state index in [1.807, 2.05) is 0 Å². The molecule has 2 aliphatic carbocycles. The zero-order valence-electron chi connectivity index (χ0n) is 22.1. The van der Waals surface area contributed by atoms with E-state index in [4.69, 9.17) is 0 Å². The Kier molecular flexibility index (Phi) is 5.17. The zero-order valence-corrected chi connectivity index (χ0v) is 22.1. The highest BCUT2D eigenvalue weighted by Gasteiger charge is 2.67. The van der Waals surface area contributed by atoms with E-state index in [1.54, 1.807) is 0 Å². The molecule has 2 heterocycles. The summed E-state index contributed by atoms with van der Waals surface area (Å²) in [6.07, 6.45) is 9.93. The van der Waals surface area contributed by atoms with E-state index in [0.29, 0.717) is 32.9 Å². The molecule has 2 saturated heterocycles. The lowest BCUT2D eigenvalue weighted by atomic mass is 9.68. The van der Waals surface area contributed by atoms with Crippen molar-refractivity contribution in [3.63, 3.8) is 0 Å². The lowest BCUT2D eigenvalue weighted by Gasteiger charge is -2.52. The number of nitrogens with zero attached hydrogens (tertiary/aromatic N) is 2. The van der Waals surface area contributed by atoms with Crippen molar-refractivity contribution in [1.82, 2.24) is 9.80 Å². The second-order valence-corrected chi connectivity index (χ2v) is 15.2. The van der Waals surface area contributed by atoms with Crippen LogP contribution >= 0.6 is 0 Å². The molecule has 4 aliphatic rings. The SMILES string of the molecule is CC(C)(C)C1CCN(C(C)(C)CCC(C)(C)C23CC2CN(C(C)(C)C)C3)C2(CC2)C1. The van der Waals surface area contributed by atoms with Crippen LogP contribution in [0.3, 0.4) is 0 Å². The molecule has 1 spiro atoms. The van der Waals surface area contributed by atoms with Gasteiger partial charge in [-0.1, -0.05) is 34.6 Å². The lowest BCUT2D eigenvalue weighted by Crippen LogP contribution is -2.56. The maximum Gasteiger partial charge on any atom is 0.0219 e. The van der Waals surface area contributed by atoms with Gasteiger partial charge in [-0.05, 0) is 114 Å². The van der Waals surface area contributed by atoms with Gasteiger partial charge >= 0.3 is 0 Å². The van der Waals surface area contributed by atoms with Gasteiger partial charge in [0.2, 0.25) is 0 Å². The highest BCUT2D eigenvalue weighted by Crippen LogP contribution is 2.69. The molecule has 30 heavy (non-hydrogen) atoms. The summed E-state index contributed by atoms with van der Waals surface area (Å²) in [4.78, 5) is 5.75. The van der Waals surface area contributed by atoms with E-state index in [9.17, 15) is 0 Å². The summed E-state index contributed by atoms with van der Waals surface area (Å²) in [6.45, 7) is 28.9. The third-order valence-corrected chi connectivity index (χ3v) is 10.5. The van der Waals surface area contributed by atoms with E-state index in [1.165, 1.54) is 64.6 Å². The summed E-state index contributed by atoms with van der Waals surface area (Å²) in [6, 6.07) is 0. The van der Waals surface area contributed by atoms with Gasteiger partial charge in [0.15, 0.2) is 0 Å². The van der Waals surface area contributed by atoms with Crippen LogP contribution in [0.1, 0.15) is 114 Å². The van der Waals surface area contributed by atoms with Crippen LogP contribution in [-0.2, 0) is 0 Å². The first-order valence-electron chi connectivity index (χ1n) is 13.1. The summed E-state index contributed by atoms with van der Waals surface area (Å²) in [5.41, 5.74) is 2.71. The fraction of sp³-hybridized carbons (Fsp3) is 1.00. The monoisotopic (exact) mass is 416 g/mol. The molecule has 0 aromatic heterocycles. The highest BCUT2D eigenvalue weighted by molar-refractivity contribution is 5.18. The Hall–Kier alpha value is -0.0800. The van der Waals surface area contributed by atoms with Gasteiger partial charge in [0.1, 0.15) is 0 Å². The lowest BCUT2D eigenvalue weighted by molar-refractivity contribution is -0.0295. The first-order chi connectivity index (χ1) is 13.5. The molecule has 2 nitrogen and oxygen atoms in total. The summed E-state index contributed by atoms with van der Waals surface area (Å²) in [5, 5.41) is 0. The molecule has 3 atom stereocenters. The summed E-state index contributed by atoms with van der Waals surface area (Å²) in [7, 11) is 0. The Morgan fingerprint density at radius 2 is 1.47 bits per heavy atom. The minimum Gasteiger partial charge on any atom is -0.298 e. The third kappa shape index (κ3) is 3.81. The molecule has 4 fully saturated rings. The van der Waals surface area contributed by atoms with Crippen LogP contribution in [0.2, 0.25) is 0 Å². The van der Waals surface area contributed by atoms with Crippen molar-refractivity contribution < 1.29 is 0 Å². The molecule has 3 unspecified atom stereocenters. The van der Waals surface area contributed by atoms with E-state index in [0.717, 1.165) is 11.8 Å². The molecule has 2 heteroatoms. The minimum atomic E-state index is 0.325. The van der Waals surface area contributed by atoms with Crippen molar-refractivity contribution in [1.29, 1.82) is 0 Å². The second kappa shape index (κ2) is 6.72. The van der Waals surface area contributed by atoms with Crippen molar-refractivity contribution in [3.05, 3.63) is 0 Å². The molecular weight excluding hydrogens is 364 g/mol. The number of fused-ring (bicyclic) bond motifs is 1. The Bertz CT molecular complexity index is 657. The van der Waals surface area contributed by atoms with Crippen molar-refractivity contribution >= 4 is 0 Å². The van der Waals surface area contributed by atoms with Gasteiger partial charge in [0.25, 0.3) is 0 Å². The third-order valence-electron chi connectivity index (χ3n) is 10.5. The van der Waals surface area contributed by atoms with E-state index in [2.05, 4.69) is 79.0 Å². The summed E-state index contributed by atoms with van der Waals surface area (Å²) in [5.74, 6) is 1.85. The number of hydrogen-bond acceptors (Lipinski definition) is 2.